The van der Waals surface area contributed by atoms with E-state index in [1.54, 1.807) is 23.5 Å². The first-order valence-corrected chi connectivity index (χ1v) is 11.1. The van der Waals surface area contributed by atoms with Crippen LogP contribution in [-0.4, -0.2) is 43.0 Å². The molecule has 0 unspecified atom stereocenters. The molecule has 1 amide bonds. The lowest BCUT2D eigenvalue weighted by atomic mass is 10.0. The van der Waals surface area contributed by atoms with Crippen LogP contribution in [0.2, 0.25) is 0 Å². The highest BCUT2D eigenvalue weighted by Gasteiger charge is 2.31. The van der Waals surface area contributed by atoms with Crippen molar-refractivity contribution in [1.82, 2.24) is 10.2 Å². The maximum absolute atomic E-state index is 13.5. The largest absolute Gasteiger partial charge is 0.369 e. The van der Waals surface area contributed by atoms with Crippen LogP contribution in [0.25, 0.3) is 0 Å². The van der Waals surface area contributed by atoms with Crippen molar-refractivity contribution >= 4 is 22.9 Å². The van der Waals surface area contributed by atoms with Gasteiger partial charge in [-0.1, -0.05) is 30.3 Å². The lowest BCUT2D eigenvalue weighted by Crippen LogP contribution is -2.52. The molecule has 1 aliphatic rings. The van der Waals surface area contributed by atoms with Gasteiger partial charge in [0.05, 0.1) is 6.04 Å². The van der Waals surface area contributed by atoms with E-state index in [4.69, 9.17) is 0 Å². The van der Waals surface area contributed by atoms with Gasteiger partial charge >= 0.3 is 0 Å². The van der Waals surface area contributed by atoms with E-state index in [0.717, 1.165) is 26.2 Å². The molecule has 1 fully saturated rings. The maximum Gasteiger partial charge on any atom is 0.251 e. The van der Waals surface area contributed by atoms with Gasteiger partial charge in [0.1, 0.15) is 5.82 Å². The molecule has 0 aliphatic carbocycles. The topological polar surface area (TPSA) is 35.6 Å². The Labute approximate surface area is 180 Å². The van der Waals surface area contributed by atoms with Gasteiger partial charge in [-0.25, -0.2) is 4.39 Å². The molecule has 4 nitrogen and oxygen atoms in total. The van der Waals surface area contributed by atoms with Gasteiger partial charge < -0.3 is 10.2 Å². The van der Waals surface area contributed by atoms with E-state index >= 15 is 0 Å². The molecule has 2 aromatic carbocycles. The third-order valence-corrected chi connectivity index (χ3v) is 6.53. The van der Waals surface area contributed by atoms with Crippen LogP contribution >= 0.6 is 11.3 Å². The number of hydrogen-bond donors (Lipinski definition) is 1. The summed E-state index contributed by atoms with van der Waals surface area (Å²) in [4.78, 5) is 18.8. The zero-order chi connectivity index (χ0) is 20.9. The quantitative estimate of drug-likeness (QED) is 0.631. The molecular weight excluding hydrogens is 397 g/mol. The van der Waals surface area contributed by atoms with Crippen molar-refractivity contribution in [2.24, 2.45) is 0 Å². The van der Waals surface area contributed by atoms with Gasteiger partial charge in [-0.3, -0.25) is 9.69 Å². The summed E-state index contributed by atoms with van der Waals surface area (Å²) >= 11 is 1.71. The minimum Gasteiger partial charge on any atom is -0.369 e. The summed E-state index contributed by atoms with van der Waals surface area (Å²) < 4.78 is 13.5. The van der Waals surface area contributed by atoms with Crippen molar-refractivity contribution in [3.05, 3.63) is 88.4 Å². The summed E-state index contributed by atoms with van der Waals surface area (Å²) in [6.45, 7) is 5.74. The Balaban J connectivity index is 1.46. The highest BCUT2D eigenvalue weighted by Crippen LogP contribution is 2.30. The van der Waals surface area contributed by atoms with E-state index in [-0.39, 0.29) is 18.0 Å². The third-order valence-electron chi connectivity index (χ3n) is 5.58. The highest BCUT2D eigenvalue weighted by molar-refractivity contribution is 7.10. The molecule has 4 rings (SSSR count). The molecule has 2 heterocycles. The number of carbonyl (C=O) groups is 1. The standard InChI is InChI=1S/C24H26FN3OS/c1-18(26-24(29)19-7-5-8-20(25)17-19)23(22-11-6-16-30-22)28-14-12-27(13-15-28)21-9-3-2-4-10-21/h2-11,16-18,23H,12-15H2,1H3,(H,26,29)/t18-,23+/m0/s1. The number of thiophene rings is 1. The summed E-state index contributed by atoms with van der Waals surface area (Å²) in [6, 6.07) is 20.5. The van der Waals surface area contributed by atoms with Gasteiger partial charge in [0.25, 0.3) is 5.91 Å². The average molecular weight is 424 g/mol. The number of piperazine rings is 1. The first-order chi connectivity index (χ1) is 14.6. The molecule has 0 spiro atoms. The predicted octanol–water partition coefficient (Wildman–Crippen LogP) is 4.57. The Kier molecular flexibility index (Phi) is 6.45. The number of benzene rings is 2. The van der Waals surface area contributed by atoms with Crippen molar-refractivity contribution in [1.29, 1.82) is 0 Å². The molecule has 0 radical (unpaired) electrons. The number of halogens is 1. The maximum atomic E-state index is 13.5. The van der Waals surface area contributed by atoms with Crippen molar-refractivity contribution in [3.8, 4) is 0 Å². The number of amides is 1. The van der Waals surface area contributed by atoms with E-state index in [1.165, 1.54) is 22.7 Å². The van der Waals surface area contributed by atoms with E-state index in [0.29, 0.717) is 5.56 Å². The summed E-state index contributed by atoms with van der Waals surface area (Å²) in [5.41, 5.74) is 1.60. The molecule has 3 aromatic rings. The summed E-state index contributed by atoms with van der Waals surface area (Å²) in [6.07, 6.45) is 0. The number of nitrogens with zero attached hydrogens (tertiary/aromatic N) is 2. The molecule has 0 saturated carbocycles. The number of carbonyl (C=O) groups excluding carboxylic acids is 1. The highest BCUT2D eigenvalue weighted by atomic mass is 32.1. The molecule has 2 atom stereocenters. The van der Waals surface area contributed by atoms with Crippen molar-refractivity contribution in [2.75, 3.05) is 31.1 Å². The fourth-order valence-electron chi connectivity index (χ4n) is 4.10. The van der Waals surface area contributed by atoms with Crippen LogP contribution in [0.4, 0.5) is 10.1 Å². The number of anilines is 1. The van der Waals surface area contributed by atoms with Crippen LogP contribution in [-0.2, 0) is 0 Å². The number of hydrogen-bond acceptors (Lipinski definition) is 4. The van der Waals surface area contributed by atoms with Crippen LogP contribution in [0.15, 0.2) is 72.1 Å². The second-order valence-corrected chi connectivity index (χ2v) is 8.57. The molecule has 30 heavy (non-hydrogen) atoms. The summed E-state index contributed by atoms with van der Waals surface area (Å²) in [7, 11) is 0. The summed E-state index contributed by atoms with van der Waals surface area (Å²) in [5.74, 6) is -0.645. The van der Waals surface area contributed by atoms with Crippen LogP contribution < -0.4 is 10.2 Å². The van der Waals surface area contributed by atoms with Crippen molar-refractivity contribution in [2.45, 2.75) is 19.0 Å². The monoisotopic (exact) mass is 423 g/mol. The molecule has 156 valence electrons. The fraction of sp³-hybridized carbons (Fsp3) is 0.292. The van der Waals surface area contributed by atoms with E-state index in [1.807, 2.05) is 19.1 Å². The van der Waals surface area contributed by atoms with Gasteiger partial charge in [-0.2, -0.15) is 0 Å². The molecule has 0 bridgehead atoms. The Morgan fingerprint density at radius 1 is 1.00 bits per heavy atom. The Morgan fingerprint density at radius 2 is 1.77 bits per heavy atom. The van der Waals surface area contributed by atoms with Gasteiger partial charge in [0, 0.05) is 48.3 Å². The third kappa shape index (κ3) is 4.71. The normalized spacial score (nSPS) is 16.8. The van der Waals surface area contributed by atoms with Crippen LogP contribution in [0.1, 0.15) is 28.2 Å². The van der Waals surface area contributed by atoms with Crippen LogP contribution in [0.5, 0.6) is 0 Å². The lowest BCUT2D eigenvalue weighted by Gasteiger charge is -2.42. The Bertz CT molecular complexity index is 956. The number of nitrogens with one attached hydrogen (secondary N) is 1. The van der Waals surface area contributed by atoms with E-state index < -0.39 is 5.82 Å². The van der Waals surface area contributed by atoms with Crippen molar-refractivity contribution in [3.63, 3.8) is 0 Å². The van der Waals surface area contributed by atoms with Gasteiger partial charge in [-0.15, -0.1) is 11.3 Å². The second kappa shape index (κ2) is 9.41. The van der Waals surface area contributed by atoms with Gasteiger partial charge in [-0.05, 0) is 48.7 Å². The SMILES string of the molecule is C[C@H](NC(=O)c1cccc(F)c1)[C@H](c1cccs1)N1CCN(c2ccccc2)CC1. The molecule has 1 aliphatic heterocycles. The molecule has 1 saturated heterocycles. The molecule has 1 N–H and O–H groups in total. The second-order valence-electron chi connectivity index (χ2n) is 7.59. The number of para-hydroxylation sites is 1. The Morgan fingerprint density at radius 3 is 2.43 bits per heavy atom. The summed E-state index contributed by atoms with van der Waals surface area (Å²) in [5, 5.41) is 5.17. The van der Waals surface area contributed by atoms with Crippen LogP contribution in [0.3, 0.4) is 0 Å². The number of rotatable bonds is 6. The minimum absolute atomic E-state index is 0.0837. The first kappa shape index (κ1) is 20.6. The van der Waals surface area contributed by atoms with Crippen LogP contribution in [0, 0.1) is 5.82 Å². The van der Waals surface area contributed by atoms with Crippen molar-refractivity contribution < 1.29 is 9.18 Å². The predicted molar refractivity (Wildman–Crippen MR) is 121 cm³/mol. The van der Waals surface area contributed by atoms with Gasteiger partial charge in [0.2, 0.25) is 0 Å². The average Bonchev–Trinajstić information content (AvgIpc) is 3.29. The molecule has 1 aromatic heterocycles. The molecular formula is C24H26FN3OS. The lowest BCUT2D eigenvalue weighted by molar-refractivity contribution is 0.0890. The first-order valence-electron chi connectivity index (χ1n) is 10.3. The van der Waals surface area contributed by atoms with Gasteiger partial charge in [0.15, 0.2) is 0 Å². The molecule has 6 heteroatoms. The van der Waals surface area contributed by atoms with E-state index in [9.17, 15) is 9.18 Å². The zero-order valence-electron chi connectivity index (χ0n) is 17.0. The Hall–Kier alpha value is -2.70. The van der Waals surface area contributed by atoms with E-state index in [2.05, 4.69) is 50.8 Å². The minimum atomic E-state index is -0.401. The smallest absolute Gasteiger partial charge is 0.251 e. The zero-order valence-corrected chi connectivity index (χ0v) is 17.8. The fourth-order valence-corrected chi connectivity index (χ4v) is 5.06.